The maximum absolute atomic E-state index is 12.1. The third-order valence-electron chi connectivity index (χ3n) is 3.89. The molecule has 2 heterocycles. The van der Waals surface area contributed by atoms with E-state index in [1.54, 1.807) is 17.2 Å². The van der Waals surface area contributed by atoms with Crippen molar-refractivity contribution in [2.45, 2.75) is 25.8 Å². The van der Waals surface area contributed by atoms with Crippen LogP contribution in [0.4, 0.5) is 0 Å². The van der Waals surface area contributed by atoms with Crippen LogP contribution in [0, 0.1) is 0 Å². The molecular weight excluding hydrogens is 330 g/mol. The summed E-state index contributed by atoms with van der Waals surface area (Å²) in [6.07, 6.45) is 2.39. The maximum Gasteiger partial charge on any atom is 0.223 e. The third-order valence-corrected chi connectivity index (χ3v) is 4.22. The number of rotatable bonds is 5. The number of benzene rings is 1. The smallest absolute Gasteiger partial charge is 0.223 e. The summed E-state index contributed by atoms with van der Waals surface area (Å²) in [5, 5.41) is 3.39. The Kier molecular flexibility index (Phi) is 4.85. The van der Waals surface area contributed by atoms with Gasteiger partial charge in [-0.15, -0.1) is 0 Å². The lowest BCUT2D eigenvalue weighted by Crippen LogP contribution is -2.60. The molecule has 7 heteroatoms. The van der Waals surface area contributed by atoms with Gasteiger partial charge in [-0.3, -0.25) is 9.59 Å². The predicted octanol–water partition coefficient (Wildman–Crippen LogP) is 2.27. The summed E-state index contributed by atoms with van der Waals surface area (Å²) in [7, 11) is 0. The number of carbonyl (C=O) groups excluding carboxylic acids is 2. The van der Waals surface area contributed by atoms with Gasteiger partial charge in [-0.2, -0.15) is 0 Å². The Morgan fingerprint density at radius 2 is 2.12 bits per heavy atom. The largest absolute Gasteiger partial charge is 0.441 e. The second-order valence-corrected chi connectivity index (χ2v) is 6.20. The van der Waals surface area contributed by atoms with E-state index >= 15 is 0 Å². The van der Waals surface area contributed by atoms with Crippen molar-refractivity contribution in [2.24, 2.45) is 0 Å². The minimum Gasteiger partial charge on any atom is -0.441 e. The van der Waals surface area contributed by atoms with Crippen molar-refractivity contribution in [2.75, 3.05) is 13.1 Å². The number of aromatic nitrogens is 1. The number of amides is 2. The molecule has 0 saturated carbocycles. The summed E-state index contributed by atoms with van der Waals surface area (Å²) in [6.45, 7) is 2.60. The molecule has 0 bridgehead atoms. The Morgan fingerprint density at radius 3 is 2.83 bits per heavy atom. The number of likely N-dealkylation sites (tertiary alicyclic amines) is 1. The first-order chi connectivity index (χ1) is 11.5. The summed E-state index contributed by atoms with van der Waals surface area (Å²) in [6, 6.07) is 7.45. The molecule has 1 saturated heterocycles. The van der Waals surface area contributed by atoms with E-state index in [1.807, 2.05) is 18.2 Å². The predicted molar refractivity (Wildman–Crippen MR) is 89.5 cm³/mol. The first-order valence-corrected chi connectivity index (χ1v) is 8.15. The number of hydrogen-bond acceptors (Lipinski definition) is 4. The van der Waals surface area contributed by atoms with Crippen LogP contribution in [-0.2, 0) is 16.0 Å². The van der Waals surface area contributed by atoms with Gasteiger partial charge >= 0.3 is 0 Å². The molecule has 1 aliphatic heterocycles. The highest BCUT2D eigenvalue weighted by atomic mass is 35.5. The van der Waals surface area contributed by atoms with Gasteiger partial charge < -0.3 is 14.6 Å². The standard InChI is InChI=1S/C17H18ClN3O3/c1-11(22)20-12-9-21(10-12)17(23)7-6-16-19-8-15(24-16)13-4-2-3-5-14(13)18/h2-5,8,12H,6-7,9-10H2,1H3,(H,20,22). The Hall–Kier alpha value is -2.34. The molecule has 1 aliphatic rings. The van der Waals surface area contributed by atoms with Crippen molar-refractivity contribution >= 4 is 23.4 Å². The summed E-state index contributed by atoms with van der Waals surface area (Å²) in [4.78, 5) is 28.9. The molecule has 0 unspecified atom stereocenters. The van der Waals surface area contributed by atoms with Crippen LogP contribution in [0.5, 0.6) is 0 Å². The lowest BCUT2D eigenvalue weighted by Gasteiger charge is -2.39. The maximum atomic E-state index is 12.1. The highest BCUT2D eigenvalue weighted by molar-refractivity contribution is 6.33. The molecule has 1 aromatic carbocycles. The summed E-state index contributed by atoms with van der Waals surface area (Å²) < 4.78 is 5.68. The molecule has 1 N–H and O–H groups in total. The molecule has 3 rings (SSSR count). The zero-order chi connectivity index (χ0) is 17.1. The Labute approximate surface area is 144 Å². The van der Waals surface area contributed by atoms with Gasteiger partial charge in [-0.1, -0.05) is 23.7 Å². The molecule has 0 radical (unpaired) electrons. The molecule has 126 valence electrons. The fourth-order valence-electron chi connectivity index (χ4n) is 2.64. The molecule has 0 atom stereocenters. The van der Waals surface area contributed by atoms with Crippen molar-refractivity contribution in [1.29, 1.82) is 0 Å². The SMILES string of the molecule is CC(=O)NC1CN(C(=O)CCc2ncc(-c3ccccc3Cl)o2)C1. The highest BCUT2D eigenvalue weighted by Crippen LogP contribution is 2.28. The van der Waals surface area contributed by atoms with Gasteiger partial charge in [-0.25, -0.2) is 4.98 Å². The zero-order valence-corrected chi connectivity index (χ0v) is 14.0. The molecular formula is C17H18ClN3O3. The first-order valence-electron chi connectivity index (χ1n) is 7.77. The van der Waals surface area contributed by atoms with Crippen molar-refractivity contribution in [3.63, 3.8) is 0 Å². The summed E-state index contributed by atoms with van der Waals surface area (Å²) in [5.41, 5.74) is 0.783. The van der Waals surface area contributed by atoms with Gasteiger partial charge in [0, 0.05) is 38.4 Å². The number of halogens is 1. The molecule has 1 fully saturated rings. The molecule has 1 aromatic heterocycles. The fraction of sp³-hybridized carbons (Fsp3) is 0.353. The van der Waals surface area contributed by atoms with Crippen LogP contribution in [0.1, 0.15) is 19.2 Å². The summed E-state index contributed by atoms with van der Waals surface area (Å²) >= 11 is 6.13. The van der Waals surface area contributed by atoms with E-state index < -0.39 is 0 Å². The van der Waals surface area contributed by atoms with Gasteiger partial charge in [0.05, 0.1) is 17.3 Å². The minimum atomic E-state index is -0.0704. The van der Waals surface area contributed by atoms with Gasteiger partial charge in [0.25, 0.3) is 0 Å². The van der Waals surface area contributed by atoms with E-state index in [0.717, 1.165) is 5.56 Å². The van der Waals surface area contributed by atoms with E-state index in [2.05, 4.69) is 10.3 Å². The van der Waals surface area contributed by atoms with E-state index in [-0.39, 0.29) is 17.9 Å². The van der Waals surface area contributed by atoms with Gasteiger partial charge in [0.15, 0.2) is 11.7 Å². The van der Waals surface area contributed by atoms with Gasteiger partial charge in [-0.05, 0) is 12.1 Å². The minimum absolute atomic E-state index is 0.0362. The molecule has 24 heavy (non-hydrogen) atoms. The second kappa shape index (κ2) is 7.05. The van der Waals surface area contributed by atoms with Crippen LogP contribution in [0.15, 0.2) is 34.9 Å². The van der Waals surface area contributed by atoms with Gasteiger partial charge in [0.2, 0.25) is 11.8 Å². The molecule has 2 aromatic rings. The molecule has 6 nitrogen and oxygen atoms in total. The number of oxazole rings is 1. The van der Waals surface area contributed by atoms with Crippen LogP contribution >= 0.6 is 11.6 Å². The van der Waals surface area contributed by atoms with Crippen LogP contribution in [0.3, 0.4) is 0 Å². The van der Waals surface area contributed by atoms with Crippen LogP contribution in [0.25, 0.3) is 11.3 Å². The quantitative estimate of drug-likeness (QED) is 0.900. The monoisotopic (exact) mass is 347 g/mol. The Bertz CT molecular complexity index is 753. The van der Waals surface area contributed by atoms with Crippen LogP contribution in [0.2, 0.25) is 5.02 Å². The molecule has 0 aliphatic carbocycles. The topological polar surface area (TPSA) is 75.4 Å². The van der Waals surface area contributed by atoms with Crippen molar-refractivity contribution in [3.05, 3.63) is 41.4 Å². The van der Waals surface area contributed by atoms with Crippen LogP contribution in [-0.4, -0.2) is 40.8 Å². The number of aryl methyl sites for hydroxylation is 1. The normalized spacial score (nSPS) is 14.3. The third kappa shape index (κ3) is 3.76. The lowest BCUT2D eigenvalue weighted by molar-refractivity contribution is -0.137. The van der Waals surface area contributed by atoms with Crippen molar-refractivity contribution < 1.29 is 14.0 Å². The molecule has 0 spiro atoms. The molecule has 2 amide bonds. The van der Waals surface area contributed by atoms with E-state index in [0.29, 0.717) is 42.6 Å². The first kappa shape index (κ1) is 16.5. The average molecular weight is 348 g/mol. The number of nitrogens with zero attached hydrogens (tertiary/aromatic N) is 2. The average Bonchev–Trinajstić information content (AvgIpc) is 2.97. The second-order valence-electron chi connectivity index (χ2n) is 5.79. The van der Waals surface area contributed by atoms with E-state index in [4.69, 9.17) is 16.0 Å². The zero-order valence-electron chi connectivity index (χ0n) is 13.3. The van der Waals surface area contributed by atoms with Crippen molar-refractivity contribution in [3.8, 4) is 11.3 Å². The fourth-order valence-corrected chi connectivity index (χ4v) is 2.87. The summed E-state index contributed by atoms with van der Waals surface area (Å²) in [5.74, 6) is 1.07. The van der Waals surface area contributed by atoms with Crippen LogP contribution < -0.4 is 5.32 Å². The Balaban J connectivity index is 1.51. The van der Waals surface area contributed by atoms with E-state index in [1.165, 1.54) is 6.92 Å². The lowest BCUT2D eigenvalue weighted by atomic mass is 10.1. The van der Waals surface area contributed by atoms with E-state index in [9.17, 15) is 9.59 Å². The van der Waals surface area contributed by atoms with Gasteiger partial charge in [0.1, 0.15) is 0 Å². The highest BCUT2D eigenvalue weighted by Gasteiger charge is 2.30. The Morgan fingerprint density at radius 1 is 1.38 bits per heavy atom. The number of hydrogen-bond donors (Lipinski definition) is 1. The van der Waals surface area contributed by atoms with Crippen molar-refractivity contribution in [1.82, 2.24) is 15.2 Å². The number of carbonyl (C=O) groups is 2. The number of nitrogens with one attached hydrogen (secondary N) is 1.